The van der Waals surface area contributed by atoms with Crippen LogP contribution in [0.4, 0.5) is 30.8 Å². The predicted octanol–water partition coefficient (Wildman–Crippen LogP) is 6.29. The van der Waals surface area contributed by atoms with Crippen LogP contribution in [0.1, 0.15) is 63.5 Å². The number of hydrogen-bond donors (Lipinski definition) is 3. The van der Waals surface area contributed by atoms with E-state index >= 15 is 0 Å². The van der Waals surface area contributed by atoms with Gasteiger partial charge < -0.3 is 16.4 Å². The third kappa shape index (κ3) is 5.04. The normalized spacial score (nSPS) is 22.1. The average molecular weight is 508 g/mol. The fourth-order valence-corrected chi connectivity index (χ4v) is 5.32. The van der Waals surface area contributed by atoms with Gasteiger partial charge in [-0.3, -0.25) is 4.57 Å². The lowest BCUT2D eigenvalue weighted by Gasteiger charge is -2.39. The Bertz CT molecular complexity index is 1210. The summed E-state index contributed by atoms with van der Waals surface area (Å²) in [6.07, 6.45) is 4.16. The van der Waals surface area contributed by atoms with Crippen molar-refractivity contribution in [2.75, 3.05) is 17.2 Å². The molecular weight excluding hydrogens is 479 g/mol. The van der Waals surface area contributed by atoms with Gasteiger partial charge in [-0.15, -0.1) is 0 Å². The van der Waals surface area contributed by atoms with E-state index in [1.807, 2.05) is 4.57 Å². The van der Waals surface area contributed by atoms with E-state index in [0.29, 0.717) is 35.5 Å². The summed E-state index contributed by atoms with van der Waals surface area (Å²) in [4.78, 5) is 13.9. The molecule has 0 atom stereocenters. The quantitative estimate of drug-likeness (QED) is 0.363. The van der Waals surface area contributed by atoms with Crippen LogP contribution in [0, 0.1) is 5.92 Å². The third-order valence-corrected chi connectivity index (χ3v) is 7.52. The molecule has 11 heteroatoms. The van der Waals surface area contributed by atoms with Crippen molar-refractivity contribution in [3.63, 3.8) is 0 Å². The number of aromatic nitrogens is 4. The molecule has 0 unspecified atom stereocenters. The molecule has 2 fully saturated rings. The van der Waals surface area contributed by atoms with Crippen molar-refractivity contribution >= 4 is 40.3 Å². The minimum Gasteiger partial charge on any atom is -0.349 e. The van der Waals surface area contributed by atoms with Gasteiger partial charge in [0.1, 0.15) is 5.52 Å². The molecule has 0 saturated heterocycles. The fraction of sp³-hybridized carbons (Fsp3) is 0.542. The zero-order valence-corrected chi connectivity index (χ0v) is 20.3. The largest absolute Gasteiger partial charge is 0.416 e. The van der Waals surface area contributed by atoms with Crippen LogP contribution < -0.4 is 16.4 Å². The molecular formula is C24H29ClF3N7. The van der Waals surface area contributed by atoms with Gasteiger partial charge in [0.15, 0.2) is 5.65 Å². The highest BCUT2D eigenvalue weighted by Gasteiger charge is 2.33. The Labute approximate surface area is 206 Å². The highest BCUT2D eigenvalue weighted by Crippen LogP contribution is 2.39. The van der Waals surface area contributed by atoms with E-state index in [4.69, 9.17) is 22.3 Å². The number of hydrogen-bond acceptors (Lipinski definition) is 6. The first-order valence-electron chi connectivity index (χ1n) is 12.0. The predicted molar refractivity (Wildman–Crippen MR) is 131 cm³/mol. The number of rotatable bonds is 6. The van der Waals surface area contributed by atoms with Crippen LogP contribution in [-0.2, 0) is 6.18 Å². The number of anilines is 3. The van der Waals surface area contributed by atoms with Crippen LogP contribution in [0.25, 0.3) is 11.2 Å². The molecule has 2 aromatic heterocycles. The van der Waals surface area contributed by atoms with Crippen molar-refractivity contribution in [1.29, 1.82) is 0 Å². The van der Waals surface area contributed by atoms with Crippen LogP contribution in [0.3, 0.4) is 0 Å². The van der Waals surface area contributed by atoms with E-state index in [1.165, 1.54) is 12.5 Å². The maximum absolute atomic E-state index is 13.4. The van der Waals surface area contributed by atoms with Crippen LogP contribution in [0.15, 0.2) is 24.4 Å². The number of halogens is 4. The molecule has 0 aliphatic heterocycles. The second-order valence-electron chi connectivity index (χ2n) is 10.0. The number of benzene rings is 1. The van der Waals surface area contributed by atoms with Crippen LogP contribution in [-0.4, -0.2) is 31.6 Å². The maximum atomic E-state index is 13.4. The molecule has 1 aromatic carbocycles. The summed E-state index contributed by atoms with van der Waals surface area (Å²) in [5.74, 6) is 1.43. The molecule has 35 heavy (non-hydrogen) atoms. The van der Waals surface area contributed by atoms with E-state index in [9.17, 15) is 13.2 Å². The molecule has 2 saturated carbocycles. The Kier molecular flexibility index (Phi) is 6.29. The number of fused-ring (bicyclic) bond motifs is 1. The lowest BCUT2D eigenvalue weighted by Crippen LogP contribution is -2.42. The minimum absolute atomic E-state index is 0.00606. The van der Waals surface area contributed by atoms with Crippen molar-refractivity contribution in [2.24, 2.45) is 11.7 Å². The molecule has 2 heterocycles. The SMILES string of the molecule is CC1(Nc2ncc3nc(Nc4cc(Cl)cc(C(F)(F)F)c4)n([C@H]4CC[C@@H](CN)CC4)c3n2)CCC1. The summed E-state index contributed by atoms with van der Waals surface area (Å²) in [7, 11) is 0. The maximum Gasteiger partial charge on any atom is 0.416 e. The number of imidazole rings is 1. The second-order valence-corrected chi connectivity index (χ2v) is 10.4. The average Bonchev–Trinajstić information content (AvgIpc) is 3.14. The highest BCUT2D eigenvalue weighted by molar-refractivity contribution is 6.31. The smallest absolute Gasteiger partial charge is 0.349 e. The molecule has 0 radical (unpaired) electrons. The van der Waals surface area contributed by atoms with Gasteiger partial charge in [-0.2, -0.15) is 18.2 Å². The van der Waals surface area contributed by atoms with Gasteiger partial charge in [0.05, 0.1) is 11.8 Å². The van der Waals surface area contributed by atoms with E-state index in [1.54, 1.807) is 6.20 Å². The monoisotopic (exact) mass is 507 g/mol. The van der Waals surface area contributed by atoms with E-state index in [2.05, 4.69) is 27.5 Å². The van der Waals surface area contributed by atoms with Gasteiger partial charge in [-0.05, 0) is 82.5 Å². The van der Waals surface area contributed by atoms with Crippen LogP contribution in [0.2, 0.25) is 5.02 Å². The molecule has 4 N–H and O–H groups in total. The van der Waals surface area contributed by atoms with E-state index < -0.39 is 11.7 Å². The van der Waals surface area contributed by atoms with Crippen molar-refractivity contribution in [3.05, 3.63) is 35.0 Å². The van der Waals surface area contributed by atoms with Crippen molar-refractivity contribution < 1.29 is 13.2 Å². The first-order valence-corrected chi connectivity index (χ1v) is 12.4. The van der Waals surface area contributed by atoms with Crippen LogP contribution in [0.5, 0.6) is 0 Å². The number of alkyl halides is 3. The Morgan fingerprint density at radius 2 is 1.89 bits per heavy atom. The van der Waals surface area contributed by atoms with Gasteiger partial charge in [-0.25, -0.2) is 9.97 Å². The summed E-state index contributed by atoms with van der Waals surface area (Å²) in [5, 5.41) is 6.52. The Morgan fingerprint density at radius 3 is 2.51 bits per heavy atom. The Morgan fingerprint density at radius 1 is 1.14 bits per heavy atom. The highest BCUT2D eigenvalue weighted by atomic mass is 35.5. The zero-order chi connectivity index (χ0) is 24.8. The standard InChI is InChI=1S/C24H29ClF3N7/c1-23(7-2-8-23)34-21-30-13-19-20(33-21)35(18-5-3-14(12-29)4-6-18)22(32-19)31-17-10-15(24(26,27)28)9-16(25)11-17/h9-11,13-14,18H,2-8,12,29H2,1H3,(H,31,32)(H,30,33,34)/t14-,18+. The molecule has 5 rings (SSSR count). The van der Waals surface area contributed by atoms with Gasteiger partial charge in [0, 0.05) is 22.3 Å². The molecule has 188 valence electrons. The molecule has 0 spiro atoms. The summed E-state index contributed by atoms with van der Waals surface area (Å²) in [6.45, 7) is 2.81. The first kappa shape index (κ1) is 24.1. The fourth-order valence-electron chi connectivity index (χ4n) is 5.08. The second kappa shape index (κ2) is 9.13. The Hall–Kier alpha value is -2.59. The summed E-state index contributed by atoms with van der Waals surface area (Å²) in [6, 6.07) is 3.50. The molecule has 2 aliphatic carbocycles. The number of nitrogens with zero attached hydrogens (tertiary/aromatic N) is 4. The zero-order valence-electron chi connectivity index (χ0n) is 19.5. The Balaban J connectivity index is 1.54. The molecule has 7 nitrogen and oxygen atoms in total. The summed E-state index contributed by atoms with van der Waals surface area (Å²) < 4.78 is 42.1. The minimum atomic E-state index is -4.51. The van der Waals surface area contributed by atoms with Gasteiger partial charge >= 0.3 is 6.18 Å². The van der Waals surface area contributed by atoms with E-state index in [-0.39, 0.29) is 22.3 Å². The molecule has 0 bridgehead atoms. The lowest BCUT2D eigenvalue weighted by molar-refractivity contribution is -0.137. The number of nitrogens with one attached hydrogen (secondary N) is 2. The molecule has 0 amide bonds. The topological polar surface area (TPSA) is 93.7 Å². The van der Waals surface area contributed by atoms with Gasteiger partial charge in [0.25, 0.3) is 0 Å². The molecule has 2 aliphatic rings. The van der Waals surface area contributed by atoms with Crippen LogP contribution >= 0.6 is 11.6 Å². The molecule has 3 aromatic rings. The van der Waals surface area contributed by atoms with E-state index in [0.717, 1.165) is 50.7 Å². The summed E-state index contributed by atoms with van der Waals surface area (Å²) >= 11 is 6.01. The van der Waals surface area contributed by atoms with Crippen molar-refractivity contribution in [3.8, 4) is 0 Å². The number of nitrogens with two attached hydrogens (primary N) is 1. The van der Waals surface area contributed by atoms with Gasteiger partial charge in [-0.1, -0.05) is 11.6 Å². The third-order valence-electron chi connectivity index (χ3n) is 7.30. The van der Waals surface area contributed by atoms with Gasteiger partial charge in [0.2, 0.25) is 11.9 Å². The lowest BCUT2D eigenvalue weighted by atomic mass is 9.79. The van der Waals surface area contributed by atoms with Crippen molar-refractivity contribution in [2.45, 2.75) is 69.6 Å². The first-order chi connectivity index (χ1) is 16.6. The summed E-state index contributed by atoms with van der Waals surface area (Å²) in [5.41, 5.74) is 6.49. The van der Waals surface area contributed by atoms with Crippen molar-refractivity contribution in [1.82, 2.24) is 19.5 Å².